The lowest BCUT2D eigenvalue weighted by atomic mass is 9.93. The highest BCUT2D eigenvalue weighted by Crippen LogP contribution is 2.50. The molecule has 3 N–H and O–H groups in total. The molecule has 4 rings (SSSR count). The molecule has 1 unspecified atom stereocenters. The third-order valence-corrected chi connectivity index (χ3v) is 8.18. The molecule has 1 saturated carbocycles. The molecule has 1 aliphatic carbocycles. The Morgan fingerprint density at radius 1 is 1.17 bits per heavy atom. The van der Waals surface area contributed by atoms with Gasteiger partial charge in [-0.3, -0.25) is 9.79 Å². The Kier molecular flexibility index (Phi) is 4.42. The highest BCUT2D eigenvalue weighted by Gasteiger charge is 2.62. The number of nitrogens with two attached hydrogens (primary N) is 1. The third kappa shape index (κ3) is 3.13. The summed E-state index contributed by atoms with van der Waals surface area (Å²) < 4.78 is 65.8. The van der Waals surface area contributed by atoms with Crippen molar-refractivity contribution in [1.82, 2.24) is 4.98 Å². The van der Waals surface area contributed by atoms with Gasteiger partial charge in [-0.1, -0.05) is 0 Å². The second-order valence-electron chi connectivity index (χ2n) is 7.66. The number of nitrogens with one attached hydrogen (secondary N) is 1. The second kappa shape index (κ2) is 6.53. The van der Waals surface area contributed by atoms with E-state index in [-0.39, 0.29) is 17.1 Å². The number of nitrogens with zero attached hydrogens (tertiary/aromatic N) is 2. The number of aliphatic imine (C=N–C) groups is 1. The van der Waals surface area contributed by atoms with E-state index in [1.54, 1.807) is 0 Å². The maximum Gasteiger partial charge on any atom is 0.277 e. The quantitative estimate of drug-likeness (QED) is 0.763. The van der Waals surface area contributed by atoms with Gasteiger partial charge in [-0.15, -0.1) is 0 Å². The molecular weight excluding hydrogens is 421 g/mol. The molecular formula is C19H17F3N4O3S. The first-order valence-electron chi connectivity index (χ1n) is 8.98. The monoisotopic (exact) mass is 438 g/mol. The summed E-state index contributed by atoms with van der Waals surface area (Å²) in [4.78, 5) is 20.0. The van der Waals surface area contributed by atoms with Crippen LogP contribution in [0.15, 0.2) is 35.5 Å². The number of aromatic nitrogens is 1. The van der Waals surface area contributed by atoms with Crippen LogP contribution in [0.1, 0.15) is 35.8 Å². The van der Waals surface area contributed by atoms with Crippen molar-refractivity contribution in [2.45, 2.75) is 30.1 Å². The average molecular weight is 438 g/mol. The van der Waals surface area contributed by atoms with E-state index in [1.807, 2.05) is 0 Å². The van der Waals surface area contributed by atoms with E-state index in [0.29, 0.717) is 25.1 Å². The van der Waals surface area contributed by atoms with Gasteiger partial charge in [0.2, 0.25) is 0 Å². The molecule has 158 valence electrons. The lowest BCUT2D eigenvalue weighted by Crippen LogP contribution is -2.50. The zero-order valence-electron chi connectivity index (χ0n) is 15.7. The molecule has 30 heavy (non-hydrogen) atoms. The van der Waals surface area contributed by atoms with Crippen molar-refractivity contribution in [2.24, 2.45) is 10.7 Å². The Morgan fingerprint density at radius 3 is 2.47 bits per heavy atom. The molecule has 11 heteroatoms. The van der Waals surface area contributed by atoms with Gasteiger partial charge < -0.3 is 11.1 Å². The summed E-state index contributed by atoms with van der Waals surface area (Å²) in [6.07, 6.45) is 1.46. The Labute approximate surface area is 170 Å². The number of anilines is 1. The zero-order chi connectivity index (χ0) is 21.9. The number of carbonyl (C=O) groups excluding carboxylic acids is 1. The molecule has 0 bridgehead atoms. The minimum absolute atomic E-state index is 0.0531. The van der Waals surface area contributed by atoms with Gasteiger partial charge in [-0.25, -0.2) is 26.6 Å². The Bertz CT molecular complexity index is 1210. The van der Waals surface area contributed by atoms with E-state index in [0.717, 1.165) is 6.07 Å². The highest BCUT2D eigenvalue weighted by atomic mass is 32.2. The van der Waals surface area contributed by atoms with Gasteiger partial charge in [0.25, 0.3) is 5.91 Å². The van der Waals surface area contributed by atoms with Crippen molar-refractivity contribution in [1.29, 1.82) is 0 Å². The molecule has 2 heterocycles. The molecule has 1 atom stereocenters. The molecule has 1 aromatic carbocycles. The normalized spacial score (nSPS) is 23.7. The molecule has 7 nitrogen and oxygen atoms in total. The Hall–Kier alpha value is -2.95. The number of rotatable bonds is 3. The number of sulfone groups is 1. The van der Waals surface area contributed by atoms with Crippen molar-refractivity contribution in [3.63, 3.8) is 0 Å². The topological polar surface area (TPSA) is 115 Å². The minimum Gasteiger partial charge on any atom is -0.386 e. The van der Waals surface area contributed by atoms with Gasteiger partial charge in [0.05, 0.1) is 11.9 Å². The van der Waals surface area contributed by atoms with Crippen LogP contribution in [0.4, 0.5) is 18.9 Å². The predicted octanol–water partition coefficient (Wildman–Crippen LogP) is 2.28. The first kappa shape index (κ1) is 20.3. The van der Waals surface area contributed by atoms with Gasteiger partial charge >= 0.3 is 0 Å². The number of benzene rings is 1. The van der Waals surface area contributed by atoms with Crippen LogP contribution in [-0.4, -0.2) is 35.6 Å². The van der Waals surface area contributed by atoms with Gasteiger partial charge in [0.15, 0.2) is 21.3 Å². The van der Waals surface area contributed by atoms with Crippen LogP contribution in [0.25, 0.3) is 0 Å². The molecule has 0 radical (unpaired) electrons. The molecule has 1 fully saturated rings. The van der Waals surface area contributed by atoms with Crippen molar-refractivity contribution in [3.05, 3.63) is 59.2 Å². The summed E-state index contributed by atoms with van der Waals surface area (Å²) in [5.74, 6) is -4.31. The molecule has 2 aliphatic rings. The Morgan fingerprint density at radius 2 is 1.87 bits per heavy atom. The van der Waals surface area contributed by atoms with Crippen LogP contribution in [-0.2, 0) is 15.4 Å². The number of halogens is 3. The number of amidine groups is 1. The van der Waals surface area contributed by atoms with Crippen molar-refractivity contribution < 1.29 is 26.4 Å². The fourth-order valence-electron chi connectivity index (χ4n) is 3.67. The van der Waals surface area contributed by atoms with Gasteiger partial charge in [0.1, 0.15) is 27.8 Å². The molecule has 1 aliphatic heterocycles. The summed E-state index contributed by atoms with van der Waals surface area (Å²) in [7, 11) is -3.67. The smallest absolute Gasteiger partial charge is 0.277 e. The lowest BCUT2D eigenvalue weighted by Gasteiger charge is -2.34. The van der Waals surface area contributed by atoms with E-state index >= 15 is 0 Å². The SMILES string of the molecule is CC1(c2cc(NC(=O)c3ncc(F)cc3F)ccc2F)CS(=O)(=O)C2(CC2)C(N)=N1. The fourth-order valence-corrected chi connectivity index (χ4v) is 6.00. The van der Waals surface area contributed by atoms with Crippen LogP contribution in [0, 0.1) is 17.5 Å². The summed E-state index contributed by atoms with van der Waals surface area (Å²) in [5.41, 5.74) is 3.76. The maximum atomic E-state index is 14.6. The number of hydrogen-bond donors (Lipinski definition) is 2. The van der Waals surface area contributed by atoms with E-state index in [4.69, 9.17) is 5.73 Å². The summed E-state index contributed by atoms with van der Waals surface area (Å²) in [5, 5.41) is 2.34. The maximum absolute atomic E-state index is 14.6. The molecule has 0 saturated heterocycles. The van der Waals surface area contributed by atoms with Crippen LogP contribution < -0.4 is 11.1 Å². The molecule has 2 aromatic rings. The third-order valence-electron chi connectivity index (χ3n) is 5.43. The molecule has 1 aromatic heterocycles. The second-order valence-corrected chi connectivity index (χ2v) is 9.96. The lowest BCUT2D eigenvalue weighted by molar-refractivity contribution is 0.101. The summed E-state index contributed by atoms with van der Waals surface area (Å²) >= 11 is 0. The van der Waals surface area contributed by atoms with Crippen LogP contribution in [0.3, 0.4) is 0 Å². The number of carbonyl (C=O) groups is 1. The van der Waals surface area contributed by atoms with Gasteiger partial charge in [-0.05, 0) is 38.0 Å². The van der Waals surface area contributed by atoms with E-state index in [9.17, 15) is 26.4 Å². The number of hydrogen-bond acceptors (Lipinski definition) is 6. The number of pyridine rings is 1. The highest BCUT2D eigenvalue weighted by molar-refractivity contribution is 7.94. The van der Waals surface area contributed by atoms with E-state index in [2.05, 4.69) is 15.3 Å². The minimum atomic E-state index is -3.67. The van der Waals surface area contributed by atoms with Crippen LogP contribution in [0.5, 0.6) is 0 Å². The van der Waals surface area contributed by atoms with E-state index < -0.39 is 54.9 Å². The molecule has 1 spiro atoms. The summed E-state index contributed by atoms with van der Waals surface area (Å²) in [6, 6.07) is 3.97. The standard InChI is InChI=1S/C19H17F3N4O3S/c1-18(9-30(28,29)19(4-5-19)17(23)26-18)12-7-11(2-3-13(12)21)25-16(27)15-14(22)6-10(20)8-24-15/h2-3,6-8H,4-5,9H2,1H3,(H2,23,26)(H,25,27). The largest absolute Gasteiger partial charge is 0.386 e. The molecule has 1 amide bonds. The van der Waals surface area contributed by atoms with Gasteiger partial charge in [-0.2, -0.15) is 0 Å². The van der Waals surface area contributed by atoms with Crippen molar-refractivity contribution >= 4 is 27.3 Å². The first-order valence-corrected chi connectivity index (χ1v) is 10.6. The average Bonchev–Trinajstić information content (AvgIpc) is 3.44. The predicted molar refractivity (Wildman–Crippen MR) is 103 cm³/mol. The van der Waals surface area contributed by atoms with Gasteiger partial charge in [0, 0.05) is 17.3 Å². The summed E-state index contributed by atoms with van der Waals surface area (Å²) in [6.45, 7) is 1.44. The fraction of sp³-hybridized carbons (Fsp3) is 0.316. The van der Waals surface area contributed by atoms with E-state index in [1.165, 1.54) is 19.1 Å². The number of amides is 1. The Balaban J connectivity index is 1.69. The van der Waals surface area contributed by atoms with Crippen LogP contribution in [0.2, 0.25) is 0 Å². The van der Waals surface area contributed by atoms with Crippen molar-refractivity contribution in [3.8, 4) is 0 Å². The first-order chi connectivity index (χ1) is 14.0. The zero-order valence-corrected chi connectivity index (χ0v) is 16.6. The van der Waals surface area contributed by atoms with Crippen molar-refractivity contribution in [2.75, 3.05) is 11.1 Å². The van der Waals surface area contributed by atoms with Crippen LogP contribution >= 0.6 is 0 Å².